The molecule has 0 radical (unpaired) electrons. The number of rotatable bonds is 3. The zero-order valence-corrected chi connectivity index (χ0v) is 10.1. The van der Waals surface area contributed by atoms with Gasteiger partial charge in [-0.05, 0) is 36.7 Å². The fraction of sp³-hybridized carbons (Fsp3) is 0.200. The molecule has 17 heavy (non-hydrogen) atoms. The Morgan fingerprint density at radius 3 is 2.53 bits per heavy atom. The van der Waals surface area contributed by atoms with Crippen LogP contribution in [0.4, 0.5) is 4.39 Å². The molecule has 1 nitrogen and oxygen atoms in total. The van der Waals surface area contributed by atoms with Gasteiger partial charge in [-0.15, -0.1) is 0 Å². The second kappa shape index (κ2) is 5.11. The van der Waals surface area contributed by atoms with Gasteiger partial charge in [0.2, 0.25) is 0 Å². The van der Waals surface area contributed by atoms with Crippen LogP contribution in [0, 0.1) is 12.7 Å². The summed E-state index contributed by atoms with van der Waals surface area (Å²) in [5.41, 5.74) is 3.88. The minimum atomic E-state index is -0.153. The topological polar surface area (TPSA) is 12.0 Å². The summed E-state index contributed by atoms with van der Waals surface area (Å²) in [5, 5.41) is 2.96. The molecular formula is C15H16FN. The van der Waals surface area contributed by atoms with Crippen molar-refractivity contribution >= 4 is 0 Å². The molecule has 0 spiro atoms. The lowest BCUT2D eigenvalue weighted by molar-refractivity contribution is 0.601. The molecule has 0 saturated carbocycles. The van der Waals surface area contributed by atoms with E-state index in [1.807, 2.05) is 50.4 Å². The van der Waals surface area contributed by atoms with Gasteiger partial charge in [0, 0.05) is 12.1 Å². The van der Waals surface area contributed by atoms with Crippen LogP contribution in [0.1, 0.15) is 11.1 Å². The van der Waals surface area contributed by atoms with E-state index in [2.05, 4.69) is 5.32 Å². The van der Waals surface area contributed by atoms with Crippen LogP contribution < -0.4 is 5.32 Å². The van der Waals surface area contributed by atoms with Crippen LogP contribution in [0.5, 0.6) is 0 Å². The quantitative estimate of drug-likeness (QED) is 0.849. The second-order valence-electron chi connectivity index (χ2n) is 4.15. The van der Waals surface area contributed by atoms with Crippen LogP contribution in [0.3, 0.4) is 0 Å². The number of benzene rings is 2. The summed E-state index contributed by atoms with van der Waals surface area (Å²) < 4.78 is 13.8. The number of hydrogen-bond donors (Lipinski definition) is 1. The van der Waals surface area contributed by atoms with Crippen molar-refractivity contribution < 1.29 is 4.39 Å². The van der Waals surface area contributed by atoms with E-state index in [-0.39, 0.29) is 5.82 Å². The molecule has 2 aromatic carbocycles. The van der Waals surface area contributed by atoms with E-state index in [1.165, 1.54) is 0 Å². The van der Waals surface area contributed by atoms with Crippen LogP contribution in [0.15, 0.2) is 42.5 Å². The number of nitrogens with one attached hydrogen (secondary N) is 1. The molecule has 1 N–H and O–H groups in total. The summed E-state index contributed by atoms with van der Waals surface area (Å²) >= 11 is 0. The van der Waals surface area contributed by atoms with Crippen molar-refractivity contribution in [2.75, 3.05) is 7.05 Å². The van der Waals surface area contributed by atoms with Crippen LogP contribution in [0.2, 0.25) is 0 Å². The first-order valence-corrected chi connectivity index (χ1v) is 5.71. The van der Waals surface area contributed by atoms with Gasteiger partial charge in [0.05, 0.1) is 0 Å². The average Bonchev–Trinajstić information content (AvgIpc) is 2.33. The maximum absolute atomic E-state index is 13.8. The summed E-state index contributed by atoms with van der Waals surface area (Å²) in [4.78, 5) is 0. The van der Waals surface area contributed by atoms with Gasteiger partial charge in [0.1, 0.15) is 5.82 Å². The van der Waals surface area contributed by atoms with Crippen LogP contribution in [-0.2, 0) is 6.54 Å². The summed E-state index contributed by atoms with van der Waals surface area (Å²) in [6.45, 7) is 2.59. The fourth-order valence-electron chi connectivity index (χ4n) is 1.95. The first-order valence-electron chi connectivity index (χ1n) is 5.71. The first kappa shape index (κ1) is 11.8. The molecule has 88 valence electrons. The van der Waals surface area contributed by atoms with E-state index in [1.54, 1.807) is 6.07 Å². The minimum Gasteiger partial charge on any atom is -0.316 e. The smallest absolute Gasteiger partial charge is 0.128 e. The third kappa shape index (κ3) is 2.53. The SMILES string of the molecule is CNCc1ccc(-c2ccccc2C)cc1F. The molecule has 0 amide bonds. The molecule has 2 rings (SSSR count). The normalized spacial score (nSPS) is 10.5. The maximum Gasteiger partial charge on any atom is 0.128 e. The standard InChI is InChI=1S/C15H16FN/c1-11-5-3-4-6-14(11)12-7-8-13(10-17-2)15(16)9-12/h3-9,17H,10H2,1-2H3. The Labute approximate surface area is 101 Å². The highest BCUT2D eigenvalue weighted by Gasteiger charge is 2.05. The van der Waals surface area contributed by atoms with Gasteiger partial charge in [-0.25, -0.2) is 4.39 Å². The Balaban J connectivity index is 2.41. The van der Waals surface area contributed by atoms with Gasteiger partial charge in [-0.2, -0.15) is 0 Å². The van der Waals surface area contributed by atoms with Gasteiger partial charge in [-0.3, -0.25) is 0 Å². The Bertz CT molecular complexity index is 520. The third-order valence-electron chi connectivity index (χ3n) is 2.88. The summed E-state index contributed by atoms with van der Waals surface area (Å²) in [5.74, 6) is -0.153. The van der Waals surface area contributed by atoms with Gasteiger partial charge in [0.25, 0.3) is 0 Å². The van der Waals surface area contributed by atoms with Crippen molar-refractivity contribution in [1.82, 2.24) is 5.32 Å². The highest BCUT2D eigenvalue weighted by molar-refractivity contribution is 5.67. The molecule has 0 aliphatic carbocycles. The molecule has 0 aliphatic heterocycles. The van der Waals surface area contributed by atoms with Crippen LogP contribution >= 0.6 is 0 Å². The van der Waals surface area contributed by atoms with Gasteiger partial charge in [-0.1, -0.05) is 36.4 Å². The van der Waals surface area contributed by atoms with Gasteiger partial charge >= 0.3 is 0 Å². The molecule has 0 aromatic heterocycles. The second-order valence-corrected chi connectivity index (χ2v) is 4.15. The average molecular weight is 229 g/mol. The van der Waals surface area contributed by atoms with Crippen molar-refractivity contribution in [2.24, 2.45) is 0 Å². The van der Waals surface area contributed by atoms with Crippen molar-refractivity contribution in [3.05, 3.63) is 59.4 Å². The molecular weight excluding hydrogens is 213 g/mol. The van der Waals surface area contributed by atoms with E-state index in [4.69, 9.17) is 0 Å². The fourth-order valence-corrected chi connectivity index (χ4v) is 1.95. The highest BCUT2D eigenvalue weighted by Crippen LogP contribution is 2.24. The lowest BCUT2D eigenvalue weighted by atomic mass is 9.99. The van der Waals surface area contributed by atoms with E-state index >= 15 is 0 Å². The third-order valence-corrected chi connectivity index (χ3v) is 2.88. The number of hydrogen-bond acceptors (Lipinski definition) is 1. The minimum absolute atomic E-state index is 0.153. The maximum atomic E-state index is 13.8. The van der Waals surface area contributed by atoms with Crippen molar-refractivity contribution in [3.8, 4) is 11.1 Å². The van der Waals surface area contributed by atoms with Crippen LogP contribution in [0.25, 0.3) is 11.1 Å². The predicted octanol–water partition coefficient (Wildman–Crippen LogP) is 3.52. The first-order chi connectivity index (χ1) is 8.22. The van der Waals surface area contributed by atoms with Crippen molar-refractivity contribution in [2.45, 2.75) is 13.5 Å². The van der Waals surface area contributed by atoms with Crippen molar-refractivity contribution in [1.29, 1.82) is 0 Å². The van der Waals surface area contributed by atoms with Crippen molar-refractivity contribution in [3.63, 3.8) is 0 Å². The summed E-state index contributed by atoms with van der Waals surface area (Å²) in [6, 6.07) is 13.4. The van der Waals surface area contributed by atoms with Gasteiger partial charge < -0.3 is 5.32 Å². The predicted molar refractivity (Wildman–Crippen MR) is 69.3 cm³/mol. The molecule has 0 aliphatic rings. The van der Waals surface area contributed by atoms with E-state index in [0.29, 0.717) is 12.1 Å². The molecule has 0 atom stereocenters. The molecule has 0 fully saturated rings. The molecule has 0 heterocycles. The zero-order chi connectivity index (χ0) is 12.3. The lowest BCUT2D eigenvalue weighted by Gasteiger charge is -2.08. The Morgan fingerprint density at radius 2 is 1.88 bits per heavy atom. The Kier molecular flexibility index (Phi) is 3.55. The van der Waals surface area contributed by atoms with E-state index in [0.717, 1.165) is 16.7 Å². The summed E-state index contributed by atoms with van der Waals surface area (Å²) in [7, 11) is 1.81. The van der Waals surface area contributed by atoms with Gasteiger partial charge in [0.15, 0.2) is 0 Å². The molecule has 0 saturated heterocycles. The highest BCUT2D eigenvalue weighted by atomic mass is 19.1. The number of halogens is 1. The molecule has 2 aromatic rings. The largest absolute Gasteiger partial charge is 0.316 e. The molecule has 0 bridgehead atoms. The zero-order valence-electron chi connectivity index (χ0n) is 10.1. The van der Waals surface area contributed by atoms with E-state index < -0.39 is 0 Å². The number of aryl methyl sites for hydroxylation is 1. The molecule has 2 heteroatoms. The van der Waals surface area contributed by atoms with Crippen LogP contribution in [-0.4, -0.2) is 7.05 Å². The Morgan fingerprint density at radius 1 is 1.12 bits per heavy atom. The Hall–Kier alpha value is -1.67. The van der Waals surface area contributed by atoms with E-state index in [9.17, 15) is 4.39 Å². The lowest BCUT2D eigenvalue weighted by Crippen LogP contribution is -2.06. The molecule has 0 unspecified atom stereocenters. The monoisotopic (exact) mass is 229 g/mol. The summed E-state index contributed by atoms with van der Waals surface area (Å²) in [6.07, 6.45) is 0.